The number of aromatic nitrogens is 1. The van der Waals surface area contributed by atoms with Gasteiger partial charge in [-0.3, -0.25) is 4.79 Å². The lowest BCUT2D eigenvalue weighted by molar-refractivity contribution is 0.969. The van der Waals surface area contributed by atoms with Crippen molar-refractivity contribution >= 4 is 33.6 Å². The SMILES string of the molecule is Cn1ccc2cc(-c3csc(=O)s3)ccc21. The number of hydrogen-bond acceptors (Lipinski definition) is 3. The molecule has 0 unspecified atom stereocenters. The minimum atomic E-state index is 0.156. The van der Waals surface area contributed by atoms with Crippen LogP contribution < -0.4 is 4.06 Å². The third-order valence-corrected chi connectivity index (χ3v) is 4.60. The number of benzene rings is 1. The van der Waals surface area contributed by atoms with Crippen molar-refractivity contribution in [2.45, 2.75) is 0 Å². The van der Waals surface area contributed by atoms with E-state index in [0.29, 0.717) is 0 Å². The molecule has 3 aromatic rings. The van der Waals surface area contributed by atoms with Crippen LogP contribution in [0.2, 0.25) is 0 Å². The van der Waals surface area contributed by atoms with Gasteiger partial charge in [-0.05, 0) is 23.8 Å². The van der Waals surface area contributed by atoms with Crippen molar-refractivity contribution in [3.05, 3.63) is 44.7 Å². The van der Waals surface area contributed by atoms with Crippen LogP contribution in [0.5, 0.6) is 0 Å². The summed E-state index contributed by atoms with van der Waals surface area (Å²) < 4.78 is 2.25. The Morgan fingerprint density at radius 3 is 2.88 bits per heavy atom. The fourth-order valence-corrected chi connectivity index (χ4v) is 3.51. The van der Waals surface area contributed by atoms with Gasteiger partial charge in [0, 0.05) is 34.4 Å². The van der Waals surface area contributed by atoms with Crippen molar-refractivity contribution < 1.29 is 0 Å². The first-order valence-electron chi connectivity index (χ1n) is 4.88. The maximum atomic E-state index is 11.2. The Morgan fingerprint density at radius 2 is 2.12 bits per heavy atom. The molecule has 0 bridgehead atoms. The monoisotopic (exact) mass is 247 g/mol. The molecule has 1 aromatic carbocycles. The lowest BCUT2D eigenvalue weighted by Crippen LogP contribution is -1.83. The van der Waals surface area contributed by atoms with E-state index < -0.39 is 0 Å². The maximum absolute atomic E-state index is 11.2. The van der Waals surface area contributed by atoms with Gasteiger partial charge in [0.15, 0.2) is 0 Å². The first-order valence-corrected chi connectivity index (χ1v) is 6.58. The fourth-order valence-electron chi connectivity index (χ4n) is 1.80. The Morgan fingerprint density at radius 1 is 1.25 bits per heavy atom. The highest BCUT2D eigenvalue weighted by atomic mass is 32.2. The highest BCUT2D eigenvalue weighted by molar-refractivity contribution is 7.28. The highest BCUT2D eigenvalue weighted by Gasteiger charge is 2.04. The van der Waals surface area contributed by atoms with Crippen molar-refractivity contribution in [1.29, 1.82) is 0 Å². The van der Waals surface area contributed by atoms with Gasteiger partial charge in [0.2, 0.25) is 0 Å². The van der Waals surface area contributed by atoms with Crippen LogP contribution in [0.3, 0.4) is 0 Å². The summed E-state index contributed by atoms with van der Waals surface area (Å²) in [6.07, 6.45) is 2.05. The molecule has 3 rings (SSSR count). The van der Waals surface area contributed by atoms with Crippen LogP contribution in [0.1, 0.15) is 0 Å². The molecule has 0 amide bonds. The predicted octanol–water partition coefficient (Wildman–Crippen LogP) is 3.33. The zero-order valence-electron chi connectivity index (χ0n) is 8.64. The Kier molecular flexibility index (Phi) is 2.19. The molecular formula is C12H9NOS2. The number of nitrogens with zero attached hydrogens (tertiary/aromatic N) is 1. The zero-order valence-corrected chi connectivity index (χ0v) is 10.3. The van der Waals surface area contributed by atoms with E-state index in [-0.39, 0.29) is 4.06 Å². The molecule has 2 heterocycles. The molecule has 0 spiro atoms. The fraction of sp³-hybridized carbons (Fsp3) is 0.0833. The van der Waals surface area contributed by atoms with Crippen LogP contribution in [0.4, 0.5) is 0 Å². The third kappa shape index (κ3) is 1.50. The largest absolute Gasteiger partial charge is 0.351 e. The van der Waals surface area contributed by atoms with Crippen molar-refractivity contribution in [2.24, 2.45) is 7.05 Å². The second-order valence-electron chi connectivity index (χ2n) is 3.65. The summed E-state index contributed by atoms with van der Waals surface area (Å²) in [5.41, 5.74) is 2.34. The van der Waals surface area contributed by atoms with Gasteiger partial charge in [-0.15, -0.1) is 0 Å². The Balaban J connectivity index is 2.22. The van der Waals surface area contributed by atoms with Gasteiger partial charge >= 0.3 is 0 Å². The molecule has 4 heteroatoms. The summed E-state index contributed by atoms with van der Waals surface area (Å²) in [6, 6.07) is 8.39. The lowest BCUT2D eigenvalue weighted by atomic mass is 10.1. The Hall–Kier alpha value is -1.39. The summed E-state index contributed by atoms with van der Waals surface area (Å²) >= 11 is 2.58. The molecule has 16 heavy (non-hydrogen) atoms. The zero-order chi connectivity index (χ0) is 11.1. The average Bonchev–Trinajstić information content (AvgIpc) is 2.86. The van der Waals surface area contributed by atoms with Gasteiger partial charge in [0.25, 0.3) is 4.06 Å². The Labute approximate surface area is 100 Å². The first-order chi connectivity index (χ1) is 7.74. The summed E-state index contributed by atoms with van der Waals surface area (Å²) in [5, 5.41) is 3.14. The molecule has 0 radical (unpaired) electrons. The average molecular weight is 247 g/mol. The number of aryl methyl sites for hydroxylation is 1. The minimum absolute atomic E-state index is 0.156. The number of rotatable bonds is 1. The third-order valence-electron chi connectivity index (χ3n) is 2.63. The Bertz CT molecular complexity index is 705. The molecule has 0 saturated carbocycles. The van der Waals surface area contributed by atoms with Crippen LogP contribution in [-0.4, -0.2) is 4.57 Å². The van der Waals surface area contributed by atoms with Gasteiger partial charge < -0.3 is 4.57 Å². The van der Waals surface area contributed by atoms with Crippen LogP contribution in [-0.2, 0) is 7.05 Å². The molecule has 0 fully saturated rings. The van der Waals surface area contributed by atoms with Crippen molar-refractivity contribution in [3.63, 3.8) is 0 Å². The molecule has 80 valence electrons. The molecule has 2 aromatic heterocycles. The molecule has 0 atom stereocenters. The molecule has 0 saturated heterocycles. The van der Waals surface area contributed by atoms with E-state index >= 15 is 0 Å². The molecule has 2 nitrogen and oxygen atoms in total. The van der Waals surface area contributed by atoms with Gasteiger partial charge in [0.05, 0.1) is 0 Å². The van der Waals surface area contributed by atoms with Gasteiger partial charge in [-0.2, -0.15) is 0 Å². The van der Waals surface area contributed by atoms with Crippen LogP contribution in [0.15, 0.2) is 40.6 Å². The number of hydrogen-bond donors (Lipinski definition) is 0. The molecular weight excluding hydrogens is 238 g/mol. The minimum Gasteiger partial charge on any atom is -0.351 e. The van der Waals surface area contributed by atoms with E-state index in [2.05, 4.69) is 28.8 Å². The quantitative estimate of drug-likeness (QED) is 0.646. The van der Waals surface area contributed by atoms with Gasteiger partial charge in [-0.25, -0.2) is 0 Å². The van der Waals surface area contributed by atoms with E-state index in [9.17, 15) is 4.79 Å². The van der Waals surface area contributed by atoms with E-state index in [1.807, 2.05) is 18.6 Å². The van der Waals surface area contributed by atoms with E-state index in [4.69, 9.17) is 0 Å². The standard InChI is InChI=1S/C12H9NOS2/c1-13-5-4-8-6-9(2-3-10(8)13)11-7-15-12(14)16-11/h2-7H,1H3. The molecule has 0 aliphatic rings. The van der Waals surface area contributed by atoms with Gasteiger partial charge in [0.1, 0.15) is 0 Å². The lowest BCUT2D eigenvalue weighted by Gasteiger charge is -1.99. The smallest absolute Gasteiger partial charge is 0.287 e. The maximum Gasteiger partial charge on any atom is 0.287 e. The van der Waals surface area contributed by atoms with E-state index in [1.165, 1.54) is 33.6 Å². The van der Waals surface area contributed by atoms with Crippen molar-refractivity contribution in [3.8, 4) is 10.4 Å². The normalized spacial score (nSPS) is 11.1. The van der Waals surface area contributed by atoms with Crippen molar-refractivity contribution in [2.75, 3.05) is 0 Å². The van der Waals surface area contributed by atoms with Crippen molar-refractivity contribution in [1.82, 2.24) is 4.57 Å². The van der Waals surface area contributed by atoms with Crippen LogP contribution >= 0.6 is 22.7 Å². The summed E-state index contributed by atoms with van der Waals surface area (Å²) in [7, 11) is 2.03. The predicted molar refractivity (Wildman–Crippen MR) is 70.4 cm³/mol. The van der Waals surface area contributed by atoms with E-state index in [1.54, 1.807) is 0 Å². The topological polar surface area (TPSA) is 22.0 Å². The number of fused-ring (bicyclic) bond motifs is 1. The summed E-state index contributed by atoms with van der Waals surface area (Å²) in [5.74, 6) is 0. The van der Waals surface area contributed by atoms with Crippen LogP contribution in [0.25, 0.3) is 21.3 Å². The molecule has 0 N–H and O–H groups in total. The summed E-state index contributed by atoms with van der Waals surface area (Å²) in [4.78, 5) is 12.2. The second-order valence-corrected chi connectivity index (χ2v) is 5.77. The molecule has 0 aliphatic carbocycles. The van der Waals surface area contributed by atoms with E-state index in [0.717, 1.165) is 10.4 Å². The highest BCUT2D eigenvalue weighted by Crippen LogP contribution is 2.27. The summed E-state index contributed by atoms with van der Waals surface area (Å²) in [6.45, 7) is 0. The first kappa shape index (κ1) is 9.81. The van der Waals surface area contributed by atoms with Gasteiger partial charge in [-0.1, -0.05) is 28.7 Å². The van der Waals surface area contributed by atoms with Crippen LogP contribution in [0, 0.1) is 0 Å². The molecule has 0 aliphatic heterocycles. The second kappa shape index (κ2) is 3.57.